The number of amides is 3. The fourth-order valence-electron chi connectivity index (χ4n) is 3.27. The van der Waals surface area contributed by atoms with Gasteiger partial charge in [0.1, 0.15) is 0 Å². The Hall–Kier alpha value is -2.31. The molecule has 2 fully saturated rings. The molecule has 0 bridgehead atoms. The van der Waals surface area contributed by atoms with Crippen LogP contribution in [0, 0.1) is 0 Å². The van der Waals surface area contributed by atoms with Crippen molar-refractivity contribution in [2.24, 2.45) is 4.99 Å². The first-order chi connectivity index (χ1) is 13.6. The molecule has 2 N–H and O–H groups in total. The molecule has 0 aromatic heterocycles. The van der Waals surface area contributed by atoms with Crippen LogP contribution in [-0.2, 0) is 24.0 Å². The number of imide groups is 1. The Bertz CT molecular complexity index is 729. The van der Waals surface area contributed by atoms with Crippen molar-refractivity contribution in [3.8, 4) is 0 Å². The lowest BCUT2D eigenvalue weighted by atomic mass is 10.0. The van der Waals surface area contributed by atoms with Gasteiger partial charge in [-0.25, -0.2) is 9.79 Å². The molecule has 2 unspecified atom stereocenters. The van der Waals surface area contributed by atoms with E-state index in [1.807, 2.05) is 0 Å². The Kier molecular flexibility index (Phi) is 6.34. The molecular weight excluding hydrogens is 417 g/mol. The number of unbranched alkanes of at least 4 members (excludes halogenated alkanes) is 1. The predicted molar refractivity (Wildman–Crippen MR) is 94.2 cm³/mol. The summed E-state index contributed by atoms with van der Waals surface area (Å²) in [7, 11) is 0. The second-order valence-electron chi connectivity index (χ2n) is 6.83. The summed E-state index contributed by atoms with van der Waals surface area (Å²) in [4.78, 5) is 54.4. The van der Waals surface area contributed by atoms with Gasteiger partial charge < -0.3 is 10.2 Å². The van der Waals surface area contributed by atoms with E-state index in [9.17, 15) is 32.3 Å². The quantitative estimate of drug-likeness (QED) is 0.464. The molecule has 0 spiro atoms. The van der Waals surface area contributed by atoms with Crippen molar-refractivity contribution in [3.05, 3.63) is 0 Å². The smallest absolute Gasteiger partial charge is 0.350 e. The zero-order valence-electron chi connectivity index (χ0n) is 15.2. The zero-order valence-corrected chi connectivity index (χ0v) is 16.0. The van der Waals surface area contributed by atoms with E-state index < -0.39 is 29.9 Å². The number of halogens is 3. The first-order valence-corrected chi connectivity index (χ1v) is 10.1. The molecule has 0 aromatic rings. The number of carbonyl (C=O) groups is 4. The maximum Gasteiger partial charge on any atom is 0.471 e. The molecule has 0 aliphatic carbocycles. The van der Waals surface area contributed by atoms with E-state index in [4.69, 9.17) is 4.84 Å². The molecule has 0 saturated carbocycles. The van der Waals surface area contributed by atoms with Crippen LogP contribution in [0.25, 0.3) is 0 Å². The highest BCUT2D eigenvalue weighted by molar-refractivity contribution is 8.00. The number of hydrogen-bond acceptors (Lipinski definition) is 8. The normalized spacial score (nSPS) is 26.2. The maximum atomic E-state index is 12.3. The van der Waals surface area contributed by atoms with Gasteiger partial charge in [0.15, 0.2) is 5.96 Å². The number of hydroxylamine groups is 2. The Balaban J connectivity index is 1.36. The van der Waals surface area contributed by atoms with Crippen LogP contribution in [0.4, 0.5) is 13.2 Å². The fraction of sp³-hybridized carbons (Fsp3) is 0.688. The molecule has 0 aromatic carbocycles. The molecule has 0 radical (unpaired) electrons. The number of nitrogens with one attached hydrogen (secondary N) is 2. The Morgan fingerprint density at radius 1 is 1.24 bits per heavy atom. The van der Waals surface area contributed by atoms with Crippen LogP contribution in [-0.4, -0.2) is 64.0 Å². The summed E-state index contributed by atoms with van der Waals surface area (Å²) in [5, 5.41) is 5.16. The van der Waals surface area contributed by atoms with E-state index >= 15 is 0 Å². The van der Waals surface area contributed by atoms with Gasteiger partial charge in [-0.2, -0.15) is 24.9 Å². The Morgan fingerprint density at radius 2 is 1.93 bits per heavy atom. The largest absolute Gasteiger partial charge is 0.471 e. The molecule has 29 heavy (non-hydrogen) atoms. The number of aliphatic imine (C=N–C) groups is 1. The number of hydrogen-bond donors (Lipinski definition) is 2. The minimum atomic E-state index is -4.98. The van der Waals surface area contributed by atoms with Crippen molar-refractivity contribution in [1.82, 2.24) is 15.7 Å². The third kappa shape index (κ3) is 5.19. The maximum absolute atomic E-state index is 12.3. The summed E-state index contributed by atoms with van der Waals surface area (Å²) in [6.45, 7) is 0. The van der Waals surface area contributed by atoms with Crippen LogP contribution in [0.1, 0.15) is 38.5 Å². The van der Waals surface area contributed by atoms with Gasteiger partial charge in [0.2, 0.25) is 0 Å². The van der Waals surface area contributed by atoms with Crippen LogP contribution in [0.5, 0.6) is 0 Å². The highest BCUT2D eigenvalue weighted by atomic mass is 32.2. The zero-order chi connectivity index (χ0) is 21.2. The number of fused-ring (bicyclic) bond motifs is 1. The van der Waals surface area contributed by atoms with Crippen molar-refractivity contribution in [3.63, 3.8) is 0 Å². The number of guanidine groups is 1. The van der Waals surface area contributed by atoms with Crippen molar-refractivity contribution >= 4 is 41.4 Å². The van der Waals surface area contributed by atoms with Crippen molar-refractivity contribution in [2.45, 2.75) is 62.0 Å². The molecular formula is C16H19F3N4O5S. The molecule has 160 valence electrons. The Labute approximate surface area is 167 Å². The molecule has 3 rings (SSSR count). The van der Waals surface area contributed by atoms with Crippen LogP contribution in [0.15, 0.2) is 4.99 Å². The van der Waals surface area contributed by atoms with Crippen molar-refractivity contribution in [2.75, 3.05) is 5.75 Å². The number of alkyl halides is 3. The summed E-state index contributed by atoms with van der Waals surface area (Å²) in [6, 6.07) is -0.402. The third-order valence-electron chi connectivity index (χ3n) is 4.70. The number of rotatable bonds is 6. The average Bonchev–Trinajstić information content (AvgIpc) is 3.29. The van der Waals surface area contributed by atoms with E-state index in [0.717, 1.165) is 0 Å². The van der Waals surface area contributed by atoms with Crippen LogP contribution in [0.2, 0.25) is 0 Å². The average molecular weight is 436 g/mol. The highest BCUT2D eigenvalue weighted by Crippen LogP contribution is 2.35. The van der Waals surface area contributed by atoms with Crippen molar-refractivity contribution in [1.29, 1.82) is 0 Å². The standard InChI is InChI=1S/C16H19F3N4O5S/c17-16(18,19)14(27)22-15-20-8-7-29-9(13(8)21-15)3-1-2-4-12(26)28-23-10(24)5-6-11(23)25/h8-9,13H,1-7H2,(H2,20,21,22,27)/t8-,9?,13?/m0/s1. The molecule has 9 nitrogen and oxygen atoms in total. The van der Waals surface area contributed by atoms with Gasteiger partial charge in [-0.3, -0.25) is 19.7 Å². The van der Waals surface area contributed by atoms with E-state index in [1.54, 1.807) is 17.1 Å². The van der Waals surface area contributed by atoms with Gasteiger partial charge in [-0.1, -0.05) is 6.42 Å². The van der Waals surface area contributed by atoms with E-state index in [1.165, 1.54) is 0 Å². The monoisotopic (exact) mass is 436 g/mol. The minimum Gasteiger partial charge on any atom is -0.350 e. The van der Waals surface area contributed by atoms with Gasteiger partial charge in [0, 0.05) is 30.3 Å². The van der Waals surface area contributed by atoms with Gasteiger partial charge >= 0.3 is 18.1 Å². The summed E-state index contributed by atoms with van der Waals surface area (Å²) < 4.78 is 37.0. The lowest BCUT2D eigenvalue weighted by Crippen LogP contribution is -2.48. The number of nitrogens with zero attached hydrogens (tertiary/aromatic N) is 2. The van der Waals surface area contributed by atoms with Gasteiger partial charge in [-0.05, 0) is 12.8 Å². The van der Waals surface area contributed by atoms with E-state index in [0.29, 0.717) is 30.1 Å². The number of carbonyl (C=O) groups excluding carboxylic acids is 4. The molecule has 3 heterocycles. The topological polar surface area (TPSA) is 117 Å². The molecule has 3 atom stereocenters. The van der Waals surface area contributed by atoms with Crippen LogP contribution in [0.3, 0.4) is 0 Å². The van der Waals surface area contributed by atoms with Gasteiger partial charge in [-0.15, -0.1) is 5.06 Å². The van der Waals surface area contributed by atoms with Gasteiger partial charge in [0.25, 0.3) is 11.8 Å². The summed E-state index contributed by atoms with van der Waals surface area (Å²) in [5.41, 5.74) is 0. The first kappa shape index (κ1) is 21.4. The number of thioether (sulfide) groups is 1. The second-order valence-corrected chi connectivity index (χ2v) is 8.10. The van der Waals surface area contributed by atoms with Crippen LogP contribution < -0.4 is 10.6 Å². The first-order valence-electron chi connectivity index (χ1n) is 9.06. The fourth-order valence-corrected chi connectivity index (χ4v) is 4.79. The van der Waals surface area contributed by atoms with Crippen molar-refractivity contribution < 1.29 is 37.2 Å². The lowest BCUT2D eigenvalue weighted by Gasteiger charge is -2.19. The van der Waals surface area contributed by atoms with Crippen LogP contribution >= 0.6 is 11.8 Å². The van der Waals surface area contributed by atoms with Gasteiger partial charge in [0.05, 0.1) is 12.1 Å². The highest BCUT2D eigenvalue weighted by Gasteiger charge is 2.44. The summed E-state index contributed by atoms with van der Waals surface area (Å²) in [5.74, 6) is -3.34. The Morgan fingerprint density at radius 3 is 2.59 bits per heavy atom. The second kappa shape index (κ2) is 8.59. The molecule has 2 saturated heterocycles. The molecule has 3 aliphatic rings. The molecule has 3 aliphatic heterocycles. The molecule has 3 amide bonds. The van der Waals surface area contributed by atoms with E-state index in [2.05, 4.69) is 10.3 Å². The molecule has 13 heteroatoms. The lowest BCUT2D eigenvalue weighted by molar-refractivity contribution is -0.197. The SMILES string of the molecule is O=C(CCCCC1SC[C@@H]2N=C(NC(=O)C(F)(F)F)NC12)ON1C(=O)CCC1=O. The third-order valence-corrected chi connectivity index (χ3v) is 6.19. The summed E-state index contributed by atoms with van der Waals surface area (Å²) in [6.07, 6.45) is -3.06. The minimum absolute atomic E-state index is 0.0358. The van der Waals surface area contributed by atoms with E-state index in [-0.39, 0.29) is 42.6 Å². The summed E-state index contributed by atoms with van der Waals surface area (Å²) >= 11 is 1.63. The predicted octanol–water partition coefficient (Wildman–Crippen LogP) is 0.644.